The van der Waals surface area contributed by atoms with E-state index in [1.54, 1.807) is 24.3 Å². The van der Waals surface area contributed by atoms with E-state index in [1.807, 2.05) is 0 Å². The number of halogens is 3. The lowest BCUT2D eigenvalue weighted by Crippen LogP contribution is -2.43. The Morgan fingerprint density at radius 3 is 2.35 bits per heavy atom. The smallest absolute Gasteiger partial charge is 0.340 e. The maximum absolute atomic E-state index is 13.0. The monoisotopic (exact) mass is 449 g/mol. The molecule has 0 aliphatic carbocycles. The van der Waals surface area contributed by atoms with Crippen LogP contribution in [-0.2, 0) is 16.0 Å². The van der Waals surface area contributed by atoms with Gasteiger partial charge >= 0.3 is 6.18 Å². The number of nitrogens with one attached hydrogen (secondary N) is 1. The first-order valence-electron chi connectivity index (χ1n) is 9.46. The summed E-state index contributed by atoms with van der Waals surface area (Å²) < 4.78 is 62.3. The molecule has 6 nitrogen and oxygen atoms in total. The number of pyridine rings is 1. The molecule has 4 rings (SSSR count). The number of alkyl halides is 3. The number of benzene rings is 2. The lowest BCUT2D eigenvalue weighted by Gasteiger charge is -2.27. The minimum absolute atomic E-state index is 0.0840. The van der Waals surface area contributed by atoms with Gasteiger partial charge in [0, 0.05) is 30.4 Å². The third kappa shape index (κ3) is 4.48. The first-order valence-corrected chi connectivity index (χ1v) is 11.3. The molecule has 1 saturated heterocycles. The number of sulfone groups is 1. The molecule has 0 atom stereocenters. The molecule has 2 heterocycles. The van der Waals surface area contributed by atoms with Crippen LogP contribution in [-0.4, -0.2) is 48.8 Å². The van der Waals surface area contributed by atoms with Gasteiger partial charge in [-0.3, -0.25) is 4.79 Å². The fourth-order valence-corrected chi connectivity index (χ4v) is 4.66. The summed E-state index contributed by atoms with van der Waals surface area (Å²) >= 11 is 0. The molecular formula is C21H18F3N3O3S. The van der Waals surface area contributed by atoms with Crippen molar-refractivity contribution in [3.63, 3.8) is 0 Å². The van der Waals surface area contributed by atoms with Gasteiger partial charge in [0.25, 0.3) is 5.91 Å². The van der Waals surface area contributed by atoms with E-state index in [0.717, 1.165) is 12.1 Å². The highest BCUT2D eigenvalue weighted by Crippen LogP contribution is 2.33. The van der Waals surface area contributed by atoms with Gasteiger partial charge < -0.3 is 10.2 Å². The van der Waals surface area contributed by atoms with E-state index in [9.17, 15) is 26.4 Å². The Morgan fingerprint density at radius 1 is 1.00 bits per heavy atom. The minimum Gasteiger partial charge on any atom is -0.340 e. The summed E-state index contributed by atoms with van der Waals surface area (Å²) in [6.45, 7) is 0.222. The Bertz CT molecular complexity index is 1250. The van der Waals surface area contributed by atoms with Gasteiger partial charge in [0.05, 0.1) is 22.6 Å². The Hall–Kier alpha value is -3.14. The molecule has 0 radical (unpaired) electrons. The fraction of sp³-hybridized carbons (Fsp3) is 0.238. The lowest BCUT2D eigenvalue weighted by atomic mass is 10.1. The summed E-state index contributed by atoms with van der Waals surface area (Å²) in [6, 6.07) is 11.7. The summed E-state index contributed by atoms with van der Waals surface area (Å²) in [5.41, 5.74) is -0.258. The third-order valence-electron chi connectivity index (χ3n) is 5.11. The molecule has 31 heavy (non-hydrogen) atoms. The zero-order valence-electron chi connectivity index (χ0n) is 16.2. The van der Waals surface area contributed by atoms with Crippen LogP contribution in [0.3, 0.4) is 0 Å². The molecule has 10 heteroatoms. The van der Waals surface area contributed by atoms with Crippen molar-refractivity contribution in [2.45, 2.75) is 6.18 Å². The standard InChI is InChI=1S/C21H18F3N3O3S/c22-21(23,24)14-4-3-5-15(12-14)26-19-17-7-2-1-6-16(17)18(13-25-19)20(28)27-8-10-31(29,30)11-9-27/h1-7,12-13H,8-11H2,(H,25,26). The quantitative estimate of drug-likeness (QED) is 0.657. The number of amides is 1. The summed E-state index contributed by atoms with van der Waals surface area (Å²) in [5.74, 6) is -0.185. The zero-order valence-corrected chi connectivity index (χ0v) is 17.0. The van der Waals surface area contributed by atoms with E-state index in [0.29, 0.717) is 22.2 Å². The molecular weight excluding hydrogens is 431 g/mol. The van der Waals surface area contributed by atoms with Crippen LogP contribution in [0.25, 0.3) is 10.8 Å². The summed E-state index contributed by atoms with van der Waals surface area (Å²) in [5, 5.41) is 4.04. The van der Waals surface area contributed by atoms with E-state index in [-0.39, 0.29) is 36.2 Å². The maximum atomic E-state index is 13.0. The zero-order chi connectivity index (χ0) is 22.2. The highest BCUT2D eigenvalue weighted by Gasteiger charge is 2.30. The van der Waals surface area contributed by atoms with Gasteiger partial charge in [-0.25, -0.2) is 13.4 Å². The van der Waals surface area contributed by atoms with Crippen LogP contribution < -0.4 is 5.32 Å². The summed E-state index contributed by atoms with van der Waals surface area (Å²) in [4.78, 5) is 18.8. The number of aromatic nitrogens is 1. The lowest BCUT2D eigenvalue weighted by molar-refractivity contribution is -0.137. The van der Waals surface area contributed by atoms with Gasteiger partial charge in [-0.2, -0.15) is 13.2 Å². The summed E-state index contributed by atoms with van der Waals surface area (Å²) in [7, 11) is -3.13. The van der Waals surface area contributed by atoms with Gasteiger partial charge in [0.1, 0.15) is 5.82 Å². The van der Waals surface area contributed by atoms with Crippen molar-refractivity contribution < 1.29 is 26.4 Å². The van der Waals surface area contributed by atoms with Crippen molar-refractivity contribution in [3.8, 4) is 0 Å². The largest absolute Gasteiger partial charge is 0.416 e. The molecule has 0 spiro atoms. The molecule has 1 aliphatic rings. The molecule has 1 fully saturated rings. The molecule has 1 aliphatic heterocycles. The predicted octanol–water partition coefficient (Wildman–Crippen LogP) is 3.87. The van der Waals surface area contributed by atoms with E-state index in [1.165, 1.54) is 23.2 Å². The van der Waals surface area contributed by atoms with Gasteiger partial charge in [0.2, 0.25) is 0 Å². The van der Waals surface area contributed by atoms with Gasteiger partial charge in [-0.05, 0) is 23.6 Å². The average molecular weight is 449 g/mol. The maximum Gasteiger partial charge on any atom is 0.416 e. The van der Waals surface area contributed by atoms with Crippen molar-refractivity contribution in [1.29, 1.82) is 0 Å². The SMILES string of the molecule is O=C(c1cnc(Nc2cccc(C(F)(F)F)c2)c2ccccc12)N1CCS(=O)(=O)CC1. The molecule has 0 saturated carbocycles. The predicted molar refractivity (Wildman–Crippen MR) is 111 cm³/mol. The molecule has 3 aromatic rings. The number of nitrogens with zero attached hydrogens (tertiary/aromatic N) is 2. The molecule has 1 amide bonds. The van der Waals surface area contributed by atoms with E-state index < -0.39 is 21.6 Å². The van der Waals surface area contributed by atoms with Crippen molar-refractivity contribution in [2.24, 2.45) is 0 Å². The van der Waals surface area contributed by atoms with Crippen LogP contribution in [0.15, 0.2) is 54.7 Å². The molecule has 162 valence electrons. The molecule has 0 unspecified atom stereocenters. The number of carbonyl (C=O) groups excluding carboxylic acids is 1. The van der Waals surface area contributed by atoms with Gasteiger partial charge in [-0.15, -0.1) is 0 Å². The second-order valence-corrected chi connectivity index (χ2v) is 9.52. The van der Waals surface area contributed by atoms with E-state index in [2.05, 4.69) is 10.3 Å². The van der Waals surface area contributed by atoms with E-state index in [4.69, 9.17) is 0 Å². The second kappa shape index (κ2) is 7.84. The van der Waals surface area contributed by atoms with Gasteiger partial charge in [-0.1, -0.05) is 30.3 Å². The molecule has 2 aromatic carbocycles. The van der Waals surface area contributed by atoms with E-state index >= 15 is 0 Å². The van der Waals surface area contributed by atoms with Crippen LogP contribution in [0, 0.1) is 0 Å². The third-order valence-corrected chi connectivity index (χ3v) is 6.72. The van der Waals surface area contributed by atoms with Crippen LogP contribution >= 0.6 is 0 Å². The highest BCUT2D eigenvalue weighted by molar-refractivity contribution is 7.91. The topological polar surface area (TPSA) is 79.4 Å². The Morgan fingerprint density at radius 2 is 1.68 bits per heavy atom. The second-order valence-electron chi connectivity index (χ2n) is 7.21. The highest BCUT2D eigenvalue weighted by atomic mass is 32.2. The molecule has 0 bridgehead atoms. The normalized spacial score (nSPS) is 16.3. The van der Waals surface area contributed by atoms with Crippen LogP contribution in [0.4, 0.5) is 24.7 Å². The Kier molecular flexibility index (Phi) is 5.34. The van der Waals surface area contributed by atoms with Crippen LogP contribution in [0.1, 0.15) is 15.9 Å². The van der Waals surface area contributed by atoms with Crippen LogP contribution in [0.2, 0.25) is 0 Å². The van der Waals surface area contributed by atoms with Gasteiger partial charge in [0.15, 0.2) is 9.84 Å². The number of fused-ring (bicyclic) bond motifs is 1. The van der Waals surface area contributed by atoms with Crippen molar-refractivity contribution in [3.05, 3.63) is 65.9 Å². The van der Waals surface area contributed by atoms with Crippen LogP contribution in [0.5, 0.6) is 0 Å². The molecule has 1 aromatic heterocycles. The number of rotatable bonds is 3. The summed E-state index contributed by atoms with van der Waals surface area (Å²) in [6.07, 6.45) is -3.10. The van der Waals surface area contributed by atoms with Crippen molar-refractivity contribution in [2.75, 3.05) is 29.9 Å². The van der Waals surface area contributed by atoms with Crippen molar-refractivity contribution in [1.82, 2.24) is 9.88 Å². The fourth-order valence-electron chi connectivity index (χ4n) is 3.46. The first-order chi connectivity index (χ1) is 14.6. The first kappa shape index (κ1) is 21.1. The average Bonchev–Trinajstić information content (AvgIpc) is 2.73. The molecule has 1 N–H and O–H groups in total. The van der Waals surface area contributed by atoms with Crippen molar-refractivity contribution >= 4 is 38.0 Å². The number of hydrogen-bond donors (Lipinski definition) is 1. The number of anilines is 2. The number of carbonyl (C=O) groups is 1. The minimum atomic E-state index is -4.47. The Labute approximate surface area is 176 Å². The Balaban J connectivity index is 1.67. The number of hydrogen-bond acceptors (Lipinski definition) is 5.